The molecule has 0 aliphatic heterocycles. The zero-order valence-electron chi connectivity index (χ0n) is 9.77. The number of carbonyl (C=O) groups excluding carboxylic acids is 1. The molecule has 0 amide bonds. The van der Waals surface area contributed by atoms with Crippen LogP contribution in [0.3, 0.4) is 0 Å². The summed E-state index contributed by atoms with van der Waals surface area (Å²) in [5.41, 5.74) is 5.29. The second kappa shape index (κ2) is 4.38. The number of benzene rings is 1. The molecule has 108 valence electrons. The molecule has 20 heavy (non-hydrogen) atoms. The van der Waals surface area contributed by atoms with Gasteiger partial charge in [-0.3, -0.25) is 13.9 Å². The molecule has 0 heterocycles. The predicted molar refractivity (Wildman–Crippen MR) is 68.3 cm³/mol. The summed E-state index contributed by atoms with van der Waals surface area (Å²) < 4.78 is 62.1. The quantitative estimate of drug-likeness (QED) is 0.510. The van der Waals surface area contributed by atoms with E-state index in [9.17, 15) is 21.6 Å². The smallest absolute Gasteiger partial charge is 0.294 e. The van der Waals surface area contributed by atoms with Crippen molar-refractivity contribution in [2.45, 2.75) is 11.3 Å². The number of fused-ring (bicyclic) bond motifs is 1. The number of nitrogen functional groups attached to an aromatic ring is 1. The van der Waals surface area contributed by atoms with Gasteiger partial charge >= 0.3 is 0 Å². The standard InChI is InChI=1S/C10H9NO7S2/c11-8-3-6(19(13,14)15)1-5-2-7(20(16,17)18)4-9(12)10(5)8/h1,3-4H,2,11H2,(H,13,14,15)(H,16,17,18). The number of allylic oxidation sites excluding steroid dienone is 2. The molecule has 0 saturated heterocycles. The minimum absolute atomic E-state index is 0.00208. The Morgan fingerprint density at radius 3 is 2.15 bits per heavy atom. The third kappa shape index (κ3) is 2.58. The number of ketones is 1. The number of rotatable bonds is 2. The van der Waals surface area contributed by atoms with Crippen LogP contribution in [0, 0.1) is 0 Å². The maximum Gasteiger partial charge on any atom is 0.294 e. The second-order valence-corrected chi connectivity index (χ2v) is 7.04. The van der Waals surface area contributed by atoms with Crippen molar-refractivity contribution in [1.29, 1.82) is 0 Å². The Kier molecular flexibility index (Phi) is 3.21. The zero-order chi connectivity index (χ0) is 15.3. The Morgan fingerprint density at radius 2 is 1.65 bits per heavy atom. The number of carbonyl (C=O) groups is 1. The fourth-order valence-electron chi connectivity index (χ4n) is 1.91. The van der Waals surface area contributed by atoms with Gasteiger partial charge in [-0.2, -0.15) is 16.8 Å². The monoisotopic (exact) mass is 319 g/mol. The summed E-state index contributed by atoms with van der Waals surface area (Å²) in [6.45, 7) is 0. The van der Waals surface area contributed by atoms with Crippen LogP contribution >= 0.6 is 0 Å². The Labute approximate surface area is 114 Å². The predicted octanol–water partition coefficient (Wildman–Crippen LogP) is 0.0260. The van der Waals surface area contributed by atoms with E-state index in [0.717, 1.165) is 18.2 Å². The van der Waals surface area contributed by atoms with E-state index in [1.54, 1.807) is 0 Å². The second-order valence-electron chi connectivity index (χ2n) is 4.15. The van der Waals surface area contributed by atoms with Crippen molar-refractivity contribution in [3.8, 4) is 0 Å². The van der Waals surface area contributed by atoms with Crippen molar-refractivity contribution in [3.63, 3.8) is 0 Å². The fraction of sp³-hybridized carbons (Fsp3) is 0.100. The SMILES string of the molecule is Nc1cc(S(=O)(=O)O)cc2c1C(=O)C=C(S(=O)(=O)O)C2. The van der Waals surface area contributed by atoms with Gasteiger partial charge in [0.1, 0.15) is 0 Å². The molecule has 0 unspecified atom stereocenters. The van der Waals surface area contributed by atoms with E-state index in [1.165, 1.54) is 0 Å². The van der Waals surface area contributed by atoms with Gasteiger partial charge in [0.05, 0.1) is 9.80 Å². The molecule has 1 aliphatic carbocycles. The first-order valence-electron chi connectivity index (χ1n) is 5.12. The molecule has 8 nitrogen and oxygen atoms in total. The number of hydrogen-bond acceptors (Lipinski definition) is 6. The molecule has 2 rings (SSSR count). The molecule has 0 saturated carbocycles. The van der Waals surface area contributed by atoms with Crippen molar-refractivity contribution in [2.24, 2.45) is 0 Å². The molecule has 1 aliphatic rings. The first-order chi connectivity index (χ1) is 9.00. The molecule has 0 radical (unpaired) electrons. The van der Waals surface area contributed by atoms with Gasteiger partial charge in [-0.15, -0.1) is 0 Å². The van der Waals surface area contributed by atoms with Crippen LogP contribution < -0.4 is 5.73 Å². The van der Waals surface area contributed by atoms with Crippen LogP contribution in [0.2, 0.25) is 0 Å². The maximum absolute atomic E-state index is 11.8. The Balaban J connectivity index is 2.69. The summed E-state index contributed by atoms with van der Waals surface area (Å²) in [7, 11) is -9.13. The lowest BCUT2D eigenvalue weighted by Gasteiger charge is -2.17. The lowest BCUT2D eigenvalue weighted by molar-refractivity contribution is 0.104. The first kappa shape index (κ1) is 14.7. The van der Waals surface area contributed by atoms with Gasteiger partial charge in [0, 0.05) is 23.7 Å². The van der Waals surface area contributed by atoms with E-state index in [-0.39, 0.29) is 16.8 Å². The highest BCUT2D eigenvalue weighted by Gasteiger charge is 2.28. The van der Waals surface area contributed by atoms with Crippen LogP contribution in [0.15, 0.2) is 28.0 Å². The van der Waals surface area contributed by atoms with Gasteiger partial charge < -0.3 is 5.73 Å². The topological polar surface area (TPSA) is 152 Å². The van der Waals surface area contributed by atoms with E-state index in [1.807, 2.05) is 0 Å². The normalized spacial score (nSPS) is 15.7. The van der Waals surface area contributed by atoms with Crippen LogP contribution in [0.25, 0.3) is 0 Å². The summed E-state index contributed by atoms with van der Waals surface area (Å²) in [6.07, 6.45) is 0.328. The van der Waals surface area contributed by atoms with Crippen molar-refractivity contribution >= 4 is 31.7 Å². The lowest BCUT2D eigenvalue weighted by Crippen LogP contribution is -2.18. The molecule has 1 aromatic carbocycles. The third-order valence-electron chi connectivity index (χ3n) is 2.76. The van der Waals surface area contributed by atoms with Gasteiger partial charge in [0.15, 0.2) is 5.78 Å². The van der Waals surface area contributed by atoms with E-state index < -0.39 is 42.2 Å². The largest absolute Gasteiger partial charge is 0.398 e. The minimum atomic E-state index is -4.58. The first-order valence-corrected chi connectivity index (χ1v) is 8.00. The molecule has 10 heteroatoms. The Morgan fingerprint density at radius 1 is 1.05 bits per heavy atom. The average Bonchev–Trinajstić information content (AvgIpc) is 2.25. The van der Waals surface area contributed by atoms with Crippen LogP contribution in [-0.2, 0) is 26.7 Å². The van der Waals surface area contributed by atoms with Gasteiger partial charge in [-0.25, -0.2) is 0 Å². The average molecular weight is 319 g/mol. The minimum Gasteiger partial charge on any atom is -0.398 e. The molecule has 1 aromatic rings. The van der Waals surface area contributed by atoms with E-state index in [2.05, 4.69) is 0 Å². The molecule has 0 aromatic heterocycles. The maximum atomic E-state index is 11.8. The Bertz CT molecular complexity index is 850. The van der Waals surface area contributed by atoms with Gasteiger partial charge in [-0.1, -0.05) is 0 Å². The van der Waals surface area contributed by atoms with Crippen molar-refractivity contribution in [1.82, 2.24) is 0 Å². The van der Waals surface area contributed by atoms with E-state index >= 15 is 0 Å². The van der Waals surface area contributed by atoms with Crippen molar-refractivity contribution < 1.29 is 30.7 Å². The van der Waals surface area contributed by atoms with Gasteiger partial charge in [0.25, 0.3) is 20.2 Å². The summed E-state index contributed by atoms with van der Waals surface area (Å²) in [5, 5.41) is 0. The number of hydrogen-bond donors (Lipinski definition) is 3. The highest BCUT2D eigenvalue weighted by Crippen LogP contribution is 2.30. The highest BCUT2D eigenvalue weighted by molar-refractivity contribution is 7.89. The third-order valence-corrected chi connectivity index (χ3v) is 4.51. The highest BCUT2D eigenvalue weighted by atomic mass is 32.2. The number of anilines is 1. The molecular formula is C10H9NO7S2. The summed E-state index contributed by atoms with van der Waals surface area (Å²) in [6, 6.07) is 1.84. The summed E-state index contributed by atoms with van der Waals surface area (Å²) in [4.78, 5) is 10.7. The number of nitrogens with two attached hydrogens (primary N) is 1. The molecule has 0 fully saturated rings. The fourth-order valence-corrected chi connectivity index (χ4v) is 3.07. The Hall–Kier alpha value is -1.75. The van der Waals surface area contributed by atoms with Gasteiger partial charge in [-0.05, 0) is 17.7 Å². The van der Waals surface area contributed by atoms with Crippen LogP contribution in [0.4, 0.5) is 5.69 Å². The zero-order valence-corrected chi connectivity index (χ0v) is 11.4. The van der Waals surface area contributed by atoms with E-state index in [4.69, 9.17) is 14.8 Å². The molecule has 0 atom stereocenters. The molecule has 0 spiro atoms. The van der Waals surface area contributed by atoms with Crippen LogP contribution in [0.1, 0.15) is 15.9 Å². The molecular weight excluding hydrogens is 310 g/mol. The lowest BCUT2D eigenvalue weighted by atomic mass is 9.94. The van der Waals surface area contributed by atoms with Crippen LogP contribution in [-0.4, -0.2) is 31.7 Å². The summed E-state index contributed by atoms with van der Waals surface area (Å²) >= 11 is 0. The van der Waals surface area contributed by atoms with Crippen molar-refractivity contribution in [3.05, 3.63) is 34.2 Å². The van der Waals surface area contributed by atoms with E-state index in [0.29, 0.717) is 0 Å². The molecule has 0 bridgehead atoms. The molecule has 4 N–H and O–H groups in total. The van der Waals surface area contributed by atoms with Crippen LogP contribution in [0.5, 0.6) is 0 Å². The summed E-state index contributed by atoms with van der Waals surface area (Å²) in [5.74, 6) is -0.765. The van der Waals surface area contributed by atoms with Crippen molar-refractivity contribution in [2.75, 3.05) is 5.73 Å². The van der Waals surface area contributed by atoms with Gasteiger partial charge in [0.2, 0.25) is 0 Å².